The van der Waals surface area contributed by atoms with Crippen LogP contribution in [0.2, 0.25) is 0 Å². The fourth-order valence-electron chi connectivity index (χ4n) is 2.57. The quantitative estimate of drug-likeness (QED) is 0.888. The molecule has 0 aromatic carbocycles. The van der Waals surface area contributed by atoms with Crippen LogP contribution in [0.1, 0.15) is 25.2 Å². The number of aromatic nitrogens is 1. The summed E-state index contributed by atoms with van der Waals surface area (Å²) in [6.45, 7) is 11.6. The summed E-state index contributed by atoms with van der Waals surface area (Å²) in [6.07, 6.45) is 0. The van der Waals surface area contributed by atoms with Crippen molar-refractivity contribution in [1.29, 1.82) is 0 Å². The summed E-state index contributed by atoms with van der Waals surface area (Å²) in [5.74, 6) is 0. The molecule has 1 N–H and O–H groups in total. The Bertz CT molecular complexity index is 406. The topological polar surface area (TPSA) is 39.6 Å². The Morgan fingerprint density at radius 2 is 1.79 bits per heavy atom. The number of aryl methyl sites for hydroxylation is 1. The van der Waals surface area contributed by atoms with Crippen LogP contribution < -0.4 is 0 Å². The molecule has 1 saturated heterocycles. The van der Waals surface area contributed by atoms with Gasteiger partial charge in [0.1, 0.15) is 0 Å². The van der Waals surface area contributed by atoms with Crippen molar-refractivity contribution in [3.63, 3.8) is 0 Å². The van der Waals surface area contributed by atoms with Crippen LogP contribution in [0.3, 0.4) is 0 Å². The van der Waals surface area contributed by atoms with Gasteiger partial charge in [0.05, 0.1) is 11.3 Å². The van der Waals surface area contributed by atoms with E-state index in [4.69, 9.17) is 0 Å². The van der Waals surface area contributed by atoms with Crippen molar-refractivity contribution in [1.82, 2.24) is 14.8 Å². The van der Waals surface area contributed by atoms with E-state index in [0.29, 0.717) is 0 Å². The molecule has 2 heterocycles. The molecule has 4 nitrogen and oxygen atoms in total. The van der Waals surface area contributed by atoms with Crippen LogP contribution in [0.25, 0.3) is 0 Å². The lowest BCUT2D eigenvalue weighted by Gasteiger charge is -2.37. The van der Waals surface area contributed by atoms with Crippen LogP contribution in [0, 0.1) is 6.92 Å². The third-order valence-electron chi connectivity index (χ3n) is 3.41. The van der Waals surface area contributed by atoms with Crippen LogP contribution >= 0.6 is 0 Å². The van der Waals surface area contributed by atoms with E-state index < -0.39 is 5.60 Å². The molecule has 1 aliphatic rings. The van der Waals surface area contributed by atoms with E-state index in [1.165, 1.54) is 0 Å². The Morgan fingerprint density at radius 3 is 2.37 bits per heavy atom. The second-order valence-electron chi connectivity index (χ2n) is 6.14. The zero-order chi connectivity index (χ0) is 13.9. The third-order valence-corrected chi connectivity index (χ3v) is 3.41. The van der Waals surface area contributed by atoms with Gasteiger partial charge in [0.25, 0.3) is 0 Å². The summed E-state index contributed by atoms with van der Waals surface area (Å²) >= 11 is 0. The second kappa shape index (κ2) is 5.99. The molecular weight excluding hydrogens is 238 g/mol. The van der Waals surface area contributed by atoms with Gasteiger partial charge in [-0.15, -0.1) is 0 Å². The average molecular weight is 263 g/mol. The Labute approximate surface area is 116 Å². The predicted octanol–water partition coefficient (Wildman–Crippen LogP) is 1.28. The van der Waals surface area contributed by atoms with Gasteiger partial charge in [-0.2, -0.15) is 0 Å². The van der Waals surface area contributed by atoms with E-state index in [1.54, 1.807) is 0 Å². The Hall–Kier alpha value is -0.970. The highest BCUT2D eigenvalue weighted by atomic mass is 16.3. The van der Waals surface area contributed by atoms with Gasteiger partial charge in [0.2, 0.25) is 0 Å². The summed E-state index contributed by atoms with van der Waals surface area (Å²) < 4.78 is 0. The zero-order valence-corrected chi connectivity index (χ0v) is 12.3. The monoisotopic (exact) mass is 263 g/mol. The molecule has 0 unspecified atom stereocenters. The molecule has 4 heteroatoms. The Kier molecular flexibility index (Phi) is 4.55. The first-order valence-electron chi connectivity index (χ1n) is 7.02. The van der Waals surface area contributed by atoms with E-state index in [9.17, 15) is 5.11 Å². The molecule has 0 spiro atoms. The van der Waals surface area contributed by atoms with Crippen LogP contribution in [-0.4, -0.2) is 58.2 Å². The van der Waals surface area contributed by atoms with Gasteiger partial charge in [-0.1, -0.05) is 6.07 Å². The molecule has 0 saturated carbocycles. The lowest BCUT2D eigenvalue weighted by molar-refractivity contribution is 0.0165. The van der Waals surface area contributed by atoms with Crippen molar-refractivity contribution in [3.05, 3.63) is 29.6 Å². The molecule has 0 radical (unpaired) electrons. The molecule has 106 valence electrons. The summed E-state index contributed by atoms with van der Waals surface area (Å²) in [4.78, 5) is 9.32. The first-order valence-corrected chi connectivity index (χ1v) is 7.02. The van der Waals surface area contributed by atoms with Crippen molar-refractivity contribution in [3.8, 4) is 0 Å². The second-order valence-corrected chi connectivity index (χ2v) is 6.14. The van der Waals surface area contributed by atoms with Gasteiger partial charge in [-0.3, -0.25) is 14.8 Å². The number of piperazine rings is 1. The number of nitrogens with zero attached hydrogens (tertiary/aromatic N) is 3. The lowest BCUT2D eigenvalue weighted by atomic mass is 10.1. The van der Waals surface area contributed by atoms with E-state index in [-0.39, 0.29) is 0 Å². The standard InChI is InChI=1S/C15H25N3O/c1-13-5-4-6-14(16-13)11-17-7-9-18(10-8-17)12-15(2,3)19/h4-6,19H,7-12H2,1-3H3. The van der Waals surface area contributed by atoms with Crippen molar-refractivity contribution in [2.75, 3.05) is 32.7 Å². The van der Waals surface area contributed by atoms with Crippen molar-refractivity contribution in [2.24, 2.45) is 0 Å². The van der Waals surface area contributed by atoms with Crippen molar-refractivity contribution < 1.29 is 5.11 Å². The number of β-amino-alcohol motifs (C(OH)–C–C–N with tert-alkyl or cyclic N) is 1. The molecule has 1 aliphatic heterocycles. The van der Waals surface area contributed by atoms with Gasteiger partial charge >= 0.3 is 0 Å². The van der Waals surface area contributed by atoms with Gasteiger partial charge in [-0.05, 0) is 32.9 Å². The van der Waals surface area contributed by atoms with Crippen molar-refractivity contribution in [2.45, 2.75) is 32.9 Å². The molecule has 0 atom stereocenters. The van der Waals surface area contributed by atoms with E-state index in [2.05, 4.69) is 26.9 Å². The minimum atomic E-state index is -0.597. The maximum Gasteiger partial charge on any atom is 0.0718 e. The SMILES string of the molecule is Cc1cccc(CN2CCN(CC(C)(C)O)CC2)n1. The summed E-state index contributed by atoms with van der Waals surface area (Å²) in [6, 6.07) is 6.20. The Morgan fingerprint density at radius 1 is 1.16 bits per heavy atom. The molecule has 19 heavy (non-hydrogen) atoms. The minimum absolute atomic E-state index is 0.597. The van der Waals surface area contributed by atoms with Gasteiger partial charge in [-0.25, -0.2) is 0 Å². The van der Waals surface area contributed by atoms with E-state index >= 15 is 0 Å². The first kappa shape index (κ1) is 14.4. The fourth-order valence-corrected chi connectivity index (χ4v) is 2.57. The normalized spacial score (nSPS) is 18.7. The van der Waals surface area contributed by atoms with Crippen LogP contribution in [0.4, 0.5) is 0 Å². The van der Waals surface area contributed by atoms with Gasteiger partial charge in [0, 0.05) is 45.0 Å². The third kappa shape index (κ3) is 4.90. The van der Waals surface area contributed by atoms with Crippen molar-refractivity contribution >= 4 is 0 Å². The van der Waals surface area contributed by atoms with Gasteiger partial charge < -0.3 is 5.11 Å². The molecule has 2 rings (SSSR count). The van der Waals surface area contributed by atoms with Gasteiger partial charge in [0.15, 0.2) is 0 Å². The zero-order valence-electron chi connectivity index (χ0n) is 12.3. The minimum Gasteiger partial charge on any atom is -0.389 e. The maximum absolute atomic E-state index is 9.84. The highest BCUT2D eigenvalue weighted by molar-refractivity contribution is 5.09. The summed E-state index contributed by atoms with van der Waals surface area (Å²) in [5.41, 5.74) is 1.63. The lowest BCUT2D eigenvalue weighted by Crippen LogP contribution is -2.50. The predicted molar refractivity (Wildman–Crippen MR) is 77.0 cm³/mol. The highest BCUT2D eigenvalue weighted by Gasteiger charge is 2.22. The summed E-state index contributed by atoms with van der Waals surface area (Å²) in [7, 11) is 0. The number of hydrogen-bond donors (Lipinski definition) is 1. The fraction of sp³-hybridized carbons (Fsp3) is 0.667. The Balaban J connectivity index is 1.80. The highest BCUT2D eigenvalue weighted by Crippen LogP contribution is 2.11. The number of pyridine rings is 1. The molecule has 0 aliphatic carbocycles. The molecule has 0 bridgehead atoms. The summed E-state index contributed by atoms with van der Waals surface area (Å²) in [5, 5.41) is 9.84. The van der Waals surface area contributed by atoms with Crippen LogP contribution in [0.5, 0.6) is 0 Å². The molecular formula is C15H25N3O. The van der Waals surface area contributed by atoms with Crippen LogP contribution in [-0.2, 0) is 6.54 Å². The van der Waals surface area contributed by atoms with Crippen LogP contribution in [0.15, 0.2) is 18.2 Å². The number of hydrogen-bond acceptors (Lipinski definition) is 4. The largest absolute Gasteiger partial charge is 0.389 e. The molecule has 1 fully saturated rings. The first-order chi connectivity index (χ1) is 8.92. The van der Waals surface area contributed by atoms with E-state index in [1.807, 2.05) is 26.8 Å². The maximum atomic E-state index is 9.84. The smallest absolute Gasteiger partial charge is 0.0718 e. The number of aliphatic hydroxyl groups is 1. The molecule has 1 aromatic rings. The van der Waals surface area contributed by atoms with E-state index in [0.717, 1.165) is 50.7 Å². The average Bonchev–Trinajstić information content (AvgIpc) is 2.30. The molecule has 1 aromatic heterocycles. The number of rotatable bonds is 4. The molecule has 0 amide bonds.